The highest BCUT2D eigenvalue weighted by molar-refractivity contribution is 6.30. The molecule has 0 amide bonds. The molecule has 0 aliphatic heterocycles. The van der Waals surface area contributed by atoms with E-state index in [1.807, 2.05) is 6.92 Å². The van der Waals surface area contributed by atoms with Crippen molar-refractivity contribution < 1.29 is 4.39 Å². The van der Waals surface area contributed by atoms with Gasteiger partial charge in [0.2, 0.25) is 0 Å². The van der Waals surface area contributed by atoms with Gasteiger partial charge in [-0.15, -0.1) is 0 Å². The van der Waals surface area contributed by atoms with Crippen LogP contribution in [0.4, 0.5) is 10.1 Å². The van der Waals surface area contributed by atoms with Crippen LogP contribution >= 0.6 is 11.6 Å². The molecule has 0 saturated carbocycles. The van der Waals surface area contributed by atoms with Gasteiger partial charge in [-0.1, -0.05) is 17.7 Å². The minimum absolute atomic E-state index is 0.108. The number of nitrogens with zero attached hydrogens (tertiary/aromatic N) is 1. The van der Waals surface area contributed by atoms with Crippen molar-refractivity contribution >= 4 is 17.3 Å². The van der Waals surface area contributed by atoms with E-state index in [0.29, 0.717) is 11.3 Å². The summed E-state index contributed by atoms with van der Waals surface area (Å²) in [4.78, 5) is 4.13. The first-order chi connectivity index (χ1) is 7.58. The molecule has 16 heavy (non-hydrogen) atoms. The fourth-order valence-electron chi connectivity index (χ4n) is 1.38. The summed E-state index contributed by atoms with van der Waals surface area (Å²) in [6.07, 6.45) is 1.66. The topological polar surface area (TPSA) is 38.9 Å². The van der Waals surface area contributed by atoms with Gasteiger partial charge >= 0.3 is 0 Å². The van der Waals surface area contributed by atoms with Crippen LogP contribution < -0.4 is 5.73 Å². The van der Waals surface area contributed by atoms with E-state index in [1.165, 1.54) is 12.1 Å². The number of aryl methyl sites for hydroxylation is 1. The van der Waals surface area contributed by atoms with E-state index >= 15 is 0 Å². The molecule has 2 nitrogen and oxygen atoms in total. The number of nitrogen functional groups attached to an aromatic ring is 1. The lowest BCUT2D eigenvalue weighted by Crippen LogP contribution is -1.93. The number of benzene rings is 1. The number of halogens is 2. The van der Waals surface area contributed by atoms with Gasteiger partial charge in [-0.25, -0.2) is 4.39 Å². The van der Waals surface area contributed by atoms with Gasteiger partial charge in [0.15, 0.2) is 0 Å². The second kappa shape index (κ2) is 4.10. The normalized spacial score (nSPS) is 10.4. The molecular weight excluding hydrogens is 227 g/mol. The third-order valence-corrected chi connectivity index (χ3v) is 2.69. The molecule has 1 heterocycles. The van der Waals surface area contributed by atoms with Crippen LogP contribution in [0.3, 0.4) is 0 Å². The highest BCUT2D eigenvalue weighted by Crippen LogP contribution is 2.25. The average molecular weight is 237 g/mol. The van der Waals surface area contributed by atoms with Crippen LogP contribution in [0.2, 0.25) is 5.02 Å². The van der Waals surface area contributed by atoms with Gasteiger partial charge in [-0.05, 0) is 30.7 Å². The average Bonchev–Trinajstić information content (AvgIpc) is 2.26. The van der Waals surface area contributed by atoms with Gasteiger partial charge in [0, 0.05) is 11.8 Å². The number of aromatic nitrogens is 1. The Morgan fingerprint density at radius 3 is 2.62 bits per heavy atom. The lowest BCUT2D eigenvalue weighted by atomic mass is 10.1. The zero-order valence-corrected chi connectivity index (χ0v) is 9.42. The van der Waals surface area contributed by atoms with Gasteiger partial charge < -0.3 is 5.73 Å². The monoisotopic (exact) mass is 236 g/mol. The number of rotatable bonds is 1. The van der Waals surface area contributed by atoms with E-state index in [2.05, 4.69) is 4.98 Å². The second-order valence-electron chi connectivity index (χ2n) is 3.53. The molecule has 4 heteroatoms. The number of nitrogens with two attached hydrogens (primary N) is 1. The molecule has 0 aliphatic rings. The Labute approximate surface area is 97.9 Å². The maximum Gasteiger partial charge on any atom is 0.142 e. The van der Waals surface area contributed by atoms with Crippen LogP contribution in [0, 0.1) is 12.7 Å². The summed E-state index contributed by atoms with van der Waals surface area (Å²) in [7, 11) is 0. The van der Waals surface area contributed by atoms with Crippen molar-refractivity contribution in [3.63, 3.8) is 0 Å². The van der Waals surface area contributed by atoms with Crippen molar-refractivity contribution in [3.05, 3.63) is 47.0 Å². The lowest BCUT2D eigenvalue weighted by Gasteiger charge is -2.05. The van der Waals surface area contributed by atoms with E-state index in [9.17, 15) is 4.39 Å². The Balaban J connectivity index is 2.50. The summed E-state index contributed by atoms with van der Waals surface area (Å²) >= 11 is 5.61. The predicted octanol–water partition coefficient (Wildman–Crippen LogP) is 3.43. The maximum atomic E-state index is 13.3. The van der Waals surface area contributed by atoms with E-state index in [-0.39, 0.29) is 5.02 Å². The molecule has 0 bridgehead atoms. The summed E-state index contributed by atoms with van der Waals surface area (Å²) in [6, 6.07) is 6.39. The van der Waals surface area contributed by atoms with Crippen molar-refractivity contribution in [3.8, 4) is 11.1 Å². The zero-order valence-electron chi connectivity index (χ0n) is 8.67. The molecule has 0 fully saturated rings. The molecule has 0 saturated heterocycles. The fraction of sp³-hybridized carbons (Fsp3) is 0.0833. The van der Waals surface area contributed by atoms with Crippen molar-refractivity contribution in [1.29, 1.82) is 0 Å². The van der Waals surface area contributed by atoms with Crippen LogP contribution in [0.15, 0.2) is 30.5 Å². The maximum absolute atomic E-state index is 13.3. The number of pyridine rings is 1. The first-order valence-corrected chi connectivity index (χ1v) is 5.13. The quantitative estimate of drug-likeness (QED) is 0.824. The summed E-state index contributed by atoms with van der Waals surface area (Å²) in [6.45, 7) is 1.82. The van der Waals surface area contributed by atoms with Crippen molar-refractivity contribution in [2.45, 2.75) is 6.92 Å². The van der Waals surface area contributed by atoms with Gasteiger partial charge in [0.25, 0.3) is 0 Å². The molecule has 0 atom stereocenters. The third-order valence-electron chi connectivity index (χ3n) is 2.38. The van der Waals surface area contributed by atoms with E-state index < -0.39 is 5.82 Å². The molecule has 2 N–H and O–H groups in total. The third kappa shape index (κ3) is 1.99. The van der Waals surface area contributed by atoms with Gasteiger partial charge in [-0.2, -0.15) is 0 Å². The Morgan fingerprint density at radius 1 is 1.25 bits per heavy atom. The zero-order chi connectivity index (χ0) is 11.7. The van der Waals surface area contributed by atoms with Crippen molar-refractivity contribution in [1.82, 2.24) is 4.98 Å². The fourth-order valence-corrected chi connectivity index (χ4v) is 1.50. The van der Waals surface area contributed by atoms with Crippen LogP contribution in [0.5, 0.6) is 0 Å². The van der Waals surface area contributed by atoms with Crippen LogP contribution in [0.25, 0.3) is 11.1 Å². The molecule has 2 rings (SSSR count). The Bertz CT molecular complexity index is 491. The van der Waals surface area contributed by atoms with Crippen LogP contribution in [0.1, 0.15) is 5.69 Å². The van der Waals surface area contributed by atoms with Crippen LogP contribution in [-0.2, 0) is 0 Å². The standard InChI is InChI=1S/C12H10ClFN2/c1-7-12(15)5-9(6-16-7)8-2-3-10(13)11(14)4-8/h2-6H,15H2,1H3. The highest BCUT2D eigenvalue weighted by Gasteiger charge is 2.05. The SMILES string of the molecule is Cc1ncc(-c2ccc(Cl)c(F)c2)cc1N. The number of hydrogen-bond acceptors (Lipinski definition) is 2. The summed E-state index contributed by atoms with van der Waals surface area (Å²) in [5.41, 5.74) is 8.58. The van der Waals surface area contributed by atoms with Gasteiger partial charge in [0.1, 0.15) is 5.82 Å². The molecule has 0 spiro atoms. The van der Waals surface area contributed by atoms with E-state index in [0.717, 1.165) is 11.3 Å². The molecule has 0 radical (unpaired) electrons. The first kappa shape index (κ1) is 10.9. The Kier molecular flexibility index (Phi) is 2.79. The number of anilines is 1. The first-order valence-electron chi connectivity index (χ1n) is 4.75. The smallest absolute Gasteiger partial charge is 0.142 e. The molecule has 1 aromatic carbocycles. The number of hydrogen-bond donors (Lipinski definition) is 1. The predicted molar refractivity (Wildman–Crippen MR) is 63.8 cm³/mol. The molecule has 82 valence electrons. The summed E-state index contributed by atoms with van der Waals surface area (Å²) in [5.74, 6) is -0.446. The molecule has 0 aliphatic carbocycles. The molecule has 0 unspecified atom stereocenters. The minimum Gasteiger partial charge on any atom is -0.397 e. The molecule has 1 aromatic heterocycles. The molecular formula is C12H10ClFN2. The van der Waals surface area contributed by atoms with Gasteiger partial charge in [0.05, 0.1) is 16.4 Å². The second-order valence-corrected chi connectivity index (χ2v) is 3.93. The summed E-state index contributed by atoms with van der Waals surface area (Å²) < 4.78 is 13.3. The van der Waals surface area contributed by atoms with Crippen molar-refractivity contribution in [2.75, 3.05) is 5.73 Å². The van der Waals surface area contributed by atoms with Crippen molar-refractivity contribution in [2.24, 2.45) is 0 Å². The van der Waals surface area contributed by atoms with Gasteiger partial charge in [-0.3, -0.25) is 4.98 Å². The van der Waals surface area contributed by atoms with E-state index in [4.69, 9.17) is 17.3 Å². The minimum atomic E-state index is -0.446. The summed E-state index contributed by atoms with van der Waals surface area (Å²) in [5, 5.41) is 0.108. The Hall–Kier alpha value is -1.61. The molecule has 2 aromatic rings. The highest BCUT2D eigenvalue weighted by atomic mass is 35.5. The van der Waals surface area contributed by atoms with E-state index in [1.54, 1.807) is 18.3 Å². The van der Waals surface area contributed by atoms with Crippen LogP contribution in [-0.4, -0.2) is 4.98 Å². The largest absolute Gasteiger partial charge is 0.397 e. The Morgan fingerprint density at radius 2 is 2.00 bits per heavy atom. The lowest BCUT2D eigenvalue weighted by molar-refractivity contribution is 0.629.